The summed E-state index contributed by atoms with van der Waals surface area (Å²) in [5, 5.41) is 18.4. The lowest BCUT2D eigenvalue weighted by atomic mass is 9.99. The molecule has 0 aromatic heterocycles. The van der Waals surface area contributed by atoms with Crippen LogP contribution in [0.1, 0.15) is 6.42 Å². The SMILES string of the molecule is O=C(O)[C@H]1[C@H]2C[C@@H](O)[C@@H]1N(C(=O)C(F)(F)F)C2. The zero-order valence-corrected chi connectivity index (χ0v) is 8.52. The van der Waals surface area contributed by atoms with Gasteiger partial charge >= 0.3 is 18.1 Å². The van der Waals surface area contributed by atoms with Crippen molar-refractivity contribution < 1.29 is 33.0 Å². The third kappa shape index (κ3) is 1.76. The Morgan fingerprint density at radius 1 is 1.29 bits per heavy atom. The molecule has 8 heteroatoms. The van der Waals surface area contributed by atoms with Gasteiger partial charge in [-0.2, -0.15) is 13.2 Å². The highest BCUT2D eigenvalue weighted by molar-refractivity contribution is 5.84. The van der Waals surface area contributed by atoms with Crippen molar-refractivity contribution in [2.75, 3.05) is 6.54 Å². The predicted molar refractivity (Wildman–Crippen MR) is 46.8 cm³/mol. The monoisotopic (exact) mass is 253 g/mol. The number of fused-ring (bicyclic) bond motifs is 2. The summed E-state index contributed by atoms with van der Waals surface area (Å²) >= 11 is 0. The van der Waals surface area contributed by atoms with Crippen LogP contribution in [0.25, 0.3) is 0 Å². The zero-order chi connectivity index (χ0) is 13.0. The summed E-state index contributed by atoms with van der Waals surface area (Å²) in [5.41, 5.74) is 0. The molecule has 1 amide bonds. The highest BCUT2D eigenvalue weighted by atomic mass is 19.4. The number of alkyl halides is 3. The Bertz CT molecular complexity index is 370. The lowest BCUT2D eigenvalue weighted by Gasteiger charge is -2.31. The Morgan fingerprint density at radius 3 is 2.29 bits per heavy atom. The van der Waals surface area contributed by atoms with Gasteiger partial charge in [-0.15, -0.1) is 0 Å². The zero-order valence-electron chi connectivity index (χ0n) is 8.52. The Hall–Kier alpha value is -1.31. The molecule has 0 aromatic carbocycles. The maximum Gasteiger partial charge on any atom is 0.471 e. The summed E-state index contributed by atoms with van der Waals surface area (Å²) in [6, 6.07) is -1.26. The Morgan fingerprint density at radius 2 is 1.88 bits per heavy atom. The molecule has 1 saturated heterocycles. The van der Waals surface area contributed by atoms with Crippen LogP contribution in [0, 0.1) is 11.8 Å². The molecule has 1 aliphatic heterocycles. The number of aliphatic carboxylic acids is 1. The van der Waals surface area contributed by atoms with Gasteiger partial charge in [-0.3, -0.25) is 9.59 Å². The van der Waals surface area contributed by atoms with Crippen molar-refractivity contribution in [3.8, 4) is 0 Å². The molecule has 5 nitrogen and oxygen atoms in total. The smallest absolute Gasteiger partial charge is 0.471 e. The van der Waals surface area contributed by atoms with Gasteiger partial charge in [0.2, 0.25) is 0 Å². The number of likely N-dealkylation sites (tertiary alicyclic amines) is 1. The molecule has 0 unspecified atom stereocenters. The highest BCUT2D eigenvalue weighted by Gasteiger charge is 2.60. The normalized spacial score (nSPS) is 36.4. The average molecular weight is 253 g/mol. The number of carboxylic acids is 1. The molecule has 0 spiro atoms. The quantitative estimate of drug-likeness (QED) is 0.680. The van der Waals surface area contributed by atoms with Crippen molar-refractivity contribution >= 4 is 11.9 Å². The third-order valence-corrected chi connectivity index (χ3v) is 3.39. The van der Waals surface area contributed by atoms with E-state index in [-0.39, 0.29) is 13.0 Å². The molecule has 1 saturated carbocycles. The Kier molecular flexibility index (Phi) is 2.57. The van der Waals surface area contributed by atoms with Crippen LogP contribution in [0.2, 0.25) is 0 Å². The van der Waals surface area contributed by atoms with Crippen LogP contribution in [0.4, 0.5) is 13.2 Å². The number of aliphatic hydroxyl groups is 1. The fourth-order valence-electron chi connectivity index (χ4n) is 2.81. The van der Waals surface area contributed by atoms with Crippen LogP contribution in [0.15, 0.2) is 0 Å². The molecule has 4 atom stereocenters. The van der Waals surface area contributed by atoms with E-state index >= 15 is 0 Å². The summed E-state index contributed by atoms with van der Waals surface area (Å²) in [6.45, 7) is -0.253. The van der Waals surface area contributed by atoms with Gasteiger partial charge in [-0.05, 0) is 12.3 Å². The maximum absolute atomic E-state index is 12.3. The average Bonchev–Trinajstić information content (AvgIpc) is 2.68. The summed E-state index contributed by atoms with van der Waals surface area (Å²) in [6.07, 6.45) is -6.10. The van der Waals surface area contributed by atoms with E-state index in [0.29, 0.717) is 4.90 Å². The highest BCUT2D eigenvalue weighted by Crippen LogP contribution is 2.44. The fraction of sp³-hybridized carbons (Fsp3) is 0.778. The summed E-state index contributed by atoms with van der Waals surface area (Å²) in [5.74, 6) is -5.04. The number of piperidine rings is 1. The van der Waals surface area contributed by atoms with E-state index in [1.807, 2.05) is 0 Å². The number of carbonyl (C=O) groups is 2. The molecule has 1 aliphatic carbocycles. The van der Waals surface area contributed by atoms with Crippen LogP contribution < -0.4 is 0 Å². The number of halogens is 3. The first kappa shape index (κ1) is 12.2. The van der Waals surface area contributed by atoms with Crippen molar-refractivity contribution in [2.45, 2.75) is 24.7 Å². The van der Waals surface area contributed by atoms with E-state index in [1.54, 1.807) is 0 Å². The number of nitrogens with zero attached hydrogens (tertiary/aromatic N) is 1. The van der Waals surface area contributed by atoms with E-state index in [0.717, 1.165) is 0 Å². The van der Waals surface area contributed by atoms with Crippen LogP contribution in [-0.2, 0) is 9.59 Å². The first-order chi connectivity index (χ1) is 7.73. The molecule has 2 aliphatic rings. The fourth-order valence-corrected chi connectivity index (χ4v) is 2.81. The van der Waals surface area contributed by atoms with Gasteiger partial charge in [0.15, 0.2) is 0 Å². The number of rotatable bonds is 1. The molecular formula is C9H10F3NO4. The molecule has 2 bridgehead atoms. The maximum atomic E-state index is 12.3. The molecule has 17 heavy (non-hydrogen) atoms. The topological polar surface area (TPSA) is 77.8 Å². The van der Waals surface area contributed by atoms with Gasteiger partial charge in [0.1, 0.15) is 0 Å². The largest absolute Gasteiger partial charge is 0.481 e. The van der Waals surface area contributed by atoms with Gasteiger partial charge < -0.3 is 15.1 Å². The molecule has 96 valence electrons. The molecule has 1 heterocycles. The van der Waals surface area contributed by atoms with Crippen LogP contribution in [0.3, 0.4) is 0 Å². The second-order valence-corrected chi connectivity index (χ2v) is 4.37. The molecule has 0 radical (unpaired) electrons. The van der Waals surface area contributed by atoms with Gasteiger partial charge in [0.05, 0.1) is 18.1 Å². The number of hydrogen-bond donors (Lipinski definition) is 2. The second-order valence-electron chi connectivity index (χ2n) is 4.37. The number of carbonyl (C=O) groups excluding carboxylic acids is 1. The molecular weight excluding hydrogens is 243 g/mol. The standard InChI is InChI=1S/C9H10F3NO4/c10-9(11,12)8(17)13-2-3-1-4(14)6(13)5(3)7(15)16/h3-6,14H,1-2H2,(H,15,16)/t3-,4+,5-,6-/m0/s1. The Labute approximate surface area is 93.8 Å². The first-order valence-corrected chi connectivity index (χ1v) is 5.02. The van der Waals surface area contributed by atoms with Crippen molar-refractivity contribution in [2.24, 2.45) is 11.8 Å². The summed E-state index contributed by atoms with van der Waals surface area (Å²) < 4.78 is 36.8. The molecule has 0 aromatic rings. The van der Waals surface area contributed by atoms with Crippen molar-refractivity contribution in [3.05, 3.63) is 0 Å². The summed E-state index contributed by atoms with van der Waals surface area (Å²) in [4.78, 5) is 22.4. The van der Waals surface area contributed by atoms with Crippen molar-refractivity contribution in [1.29, 1.82) is 0 Å². The van der Waals surface area contributed by atoms with Crippen LogP contribution in [0.5, 0.6) is 0 Å². The minimum atomic E-state index is -5.03. The first-order valence-electron chi connectivity index (χ1n) is 5.02. The Balaban J connectivity index is 2.24. The number of amides is 1. The third-order valence-electron chi connectivity index (χ3n) is 3.39. The molecule has 2 rings (SSSR count). The second kappa shape index (κ2) is 3.59. The predicted octanol–water partition coefficient (Wildman–Crippen LogP) is -0.159. The van der Waals surface area contributed by atoms with Gasteiger partial charge in [-0.1, -0.05) is 0 Å². The lowest BCUT2D eigenvalue weighted by Crippen LogP contribution is -2.51. The number of hydrogen-bond acceptors (Lipinski definition) is 3. The van der Waals surface area contributed by atoms with Crippen molar-refractivity contribution in [1.82, 2.24) is 4.90 Å². The number of aliphatic hydroxyl groups excluding tert-OH is 1. The van der Waals surface area contributed by atoms with E-state index in [1.165, 1.54) is 0 Å². The van der Waals surface area contributed by atoms with Crippen LogP contribution >= 0.6 is 0 Å². The molecule has 2 fully saturated rings. The van der Waals surface area contributed by atoms with E-state index < -0.39 is 42.0 Å². The van der Waals surface area contributed by atoms with Crippen LogP contribution in [-0.4, -0.2) is 51.9 Å². The van der Waals surface area contributed by atoms with E-state index in [2.05, 4.69) is 0 Å². The van der Waals surface area contributed by atoms with Gasteiger partial charge in [0.25, 0.3) is 0 Å². The lowest BCUT2D eigenvalue weighted by molar-refractivity contribution is -0.189. The van der Waals surface area contributed by atoms with Crippen molar-refractivity contribution in [3.63, 3.8) is 0 Å². The summed E-state index contributed by atoms with van der Waals surface area (Å²) in [7, 11) is 0. The van der Waals surface area contributed by atoms with E-state index in [4.69, 9.17) is 5.11 Å². The molecule has 2 N–H and O–H groups in total. The van der Waals surface area contributed by atoms with Gasteiger partial charge in [-0.25, -0.2) is 0 Å². The van der Waals surface area contributed by atoms with E-state index in [9.17, 15) is 27.9 Å². The van der Waals surface area contributed by atoms with Gasteiger partial charge in [0, 0.05) is 6.54 Å². The number of carboxylic acid groups (broad SMARTS) is 1. The minimum absolute atomic E-state index is 0.128. The minimum Gasteiger partial charge on any atom is -0.481 e.